The number of aryl methyl sites for hydroxylation is 1. The van der Waals surface area contributed by atoms with Crippen molar-refractivity contribution in [1.29, 1.82) is 0 Å². The van der Waals surface area contributed by atoms with Crippen LogP contribution in [0.25, 0.3) is 0 Å². The second-order valence-electron chi connectivity index (χ2n) is 5.46. The van der Waals surface area contributed by atoms with Gasteiger partial charge in [0.25, 0.3) is 0 Å². The molecule has 3 N–H and O–H groups in total. The van der Waals surface area contributed by atoms with Crippen LogP contribution in [0, 0.1) is 0 Å². The number of nitrogens with one attached hydrogen (secondary N) is 3. The first kappa shape index (κ1) is 18.7. The molecule has 0 aliphatic heterocycles. The lowest BCUT2D eigenvalue weighted by atomic mass is 10.2. The Labute approximate surface area is 165 Å². The molecule has 0 saturated carbocycles. The van der Waals surface area contributed by atoms with Crippen molar-refractivity contribution in [3.63, 3.8) is 0 Å². The van der Waals surface area contributed by atoms with Crippen LogP contribution < -0.4 is 16.0 Å². The fraction of sp³-hybridized carbons (Fsp3) is 0.0588. The SMILES string of the molecule is C=CC(=O)Nc1cc(Cl)cc(Nc2nc(Nc3cnn(C)c3)ncc2Cl)c1. The summed E-state index contributed by atoms with van der Waals surface area (Å²) in [6.07, 6.45) is 6.08. The third-order valence-electron chi connectivity index (χ3n) is 3.32. The van der Waals surface area contributed by atoms with Gasteiger partial charge in [-0.25, -0.2) is 4.98 Å². The maximum absolute atomic E-state index is 11.5. The van der Waals surface area contributed by atoms with E-state index in [0.29, 0.717) is 33.2 Å². The number of anilines is 5. The lowest BCUT2D eigenvalue weighted by Gasteiger charge is -2.11. The Morgan fingerprint density at radius 1 is 1.15 bits per heavy atom. The van der Waals surface area contributed by atoms with Gasteiger partial charge in [-0.2, -0.15) is 10.1 Å². The second-order valence-corrected chi connectivity index (χ2v) is 6.31. The largest absolute Gasteiger partial charge is 0.339 e. The van der Waals surface area contributed by atoms with Crippen LogP contribution in [-0.2, 0) is 11.8 Å². The van der Waals surface area contributed by atoms with Gasteiger partial charge < -0.3 is 16.0 Å². The Morgan fingerprint density at radius 3 is 2.63 bits per heavy atom. The third kappa shape index (κ3) is 4.96. The van der Waals surface area contributed by atoms with E-state index in [4.69, 9.17) is 23.2 Å². The number of aromatic nitrogens is 4. The number of carbonyl (C=O) groups is 1. The van der Waals surface area contributed by atoms with Crippen LogP contribution >= 0.6 is 23.2 Å². The third-order valence-corrected chi connectivity index (χ3v) is 3.81. The topological polar surface area (TPSA) is 96.8 Å². The van der Waals surface area contributed by atoms with Crippen LogP contribution in [0.5, 0.6) is 0 Å². The molecule has 0 aliphatic rings. The molecule has 1 aromatic carbocycles. The quantitative estimate of drug-likeness (QED) is 0.535. The number of amides is 1. The number of rotatable bonds is 6. The van der Waals surface area contributed by atoms with Crippen LogP contribution in [0.15, 0.2) is 49.4 Å². The fourth-order valence-corrected chi connectivity index (χ4v) is 2.57. The van der Waals surface area contributed by atoms with Gasteiger partial charge in [-0.05, 0) is 24.3 Å². The molecule has 1 amide bonds. The highest BCUT2D eigenvalue weighted by Gasteiger charge is 2.09. The summed E-state index contributed by atoms with van der Waals surface area (Å²) in [6, 6.07) is 4.99. The molecule has 0 atom stereocenters. The predicted octanol–water partition coefficient (Wildman–Crippen LogP) is 4.13. The molecule has 3 rings (SSSR count). The Balaban J connectivity index is 1.83. The zero-order valence-corrected chi connectivity index (χ0v) is 15.7. The van der Waals surface area contributed by atoms with Crippen molar-refractivity contribution >= 4 is 57.9 Å². The highest BCUT2D eigenvalue weighted by atomic mass is 35.5. The van der Waals surface area contributed by atoms with Gasteiger partial charge in [0, 0.05) is 29.6 Å². The van der Waals surface area contributed by atoms with Gasteiger partial charge in [0.05, 0.1) is 18.1 Å². The van der Waals surface area contributed by atoms with Crippen molar-refractivity contribution in [3.8, 4) is 0 Å². The molecule has 0 fully saturated rings. The fourth-order valence-electron chi connectivity index (χ4n) is 2.19. The minimum Gasteiger partial charge on any atom is -0.339 e. The summed E-state index contributed by atoms with van der Waals surface area (Å²) in [6.45, 7) is 3.42. The standard InChI is InChI=1S/C17H15Cl2N7O/c1-3-15(27)22-11-4-10(18)5-12(6-11)23-16-14(19)8-20-17(25-16)24-13-7-21-26(2)9-13/h3-9H,1H2,2H3,(H,22,27)(H2,20,23,24,25). The molecule has 3 aromatic rings. The van der Waals surface area contributed by atoms with Crippen molar-refractivity contribution < 1.29 is 4.79 Å². The van der Waals surface area contributed by atoms with Crippen molar-refractivity contribution in [2.45, 2.75) is 0 Å². The summed E-state index contributed by atoms with van der Waals surface area (Å²) in [5, 5.41) is 13.6. The first-order valence-corrected chi connectivity index (χ1v) is 8.48. The van der Waals surface area contributed by atoms with Gasteiger partial charge in [0.2, 0.25) is 11.9 Å². The van der Waals surface area contributed by atoms with E-state index in [1.165, 1.54) is 12.3 Å². The minimum absolute atomic E-state index is 0.323. The van der Waals surface area contributed by atoms with Crippen LogP contribution in [-0.4, -0.2) is 25.7 Å². The molecule has 8 nitrogen and oxygen atoms in total. The Bertz CT molecular complexity index is 1000. The zero-order valence-electron chi connectivity index (χ0n) is 14.2. The van der Waals surface area contributed by atoms with Gasteiger partial charge in [-0.3, -0.25) is 9.48 Å². The first-order chi connectivity index (χ1) is 12.9. The van der Waals surface area contributed by atoms with Gasteiger partial charge in [0.1, 0.15) is 5.02 Å². The van der Waals surface area contributed by atoms with E-state index in [0.717, 1.165) is 5.69 Å². The molecule has 2 heterocycles. The lowest BCUT2D eigenvalue weighted by molar-refractivity contribution is -0.111. The molecule has 0 aliphatic carbocycles. The van der Waals surface area contributed by atoms with Gasteiger partial charge in [0.15, 0.2) is 5.82 Å². The maximum Gasteiger partial charge on any atom is 0.247 e. The van der Waals surface area contributed by atoms with Gasteiger partial charge >= 0.3 is 0 Å². The predicted molar refractivity (Wildman–Crippen MR) is 107 cm³/mol. The number of nitrogens with zero attached hydrogens (tertiary/aromatic N) is 4. The molecule has 2 aromatic heterocycles. The van der Waals surface area contributed by atoms with E-state index in [1.54, 1.807) is 35.3 Å². The zero-order chi connectivity index (χ0) is 19.4. The first-order valence-electron chi connectivity index (χ1n) is 7.72. The monoisotopic (exact) mass is 403 g/mol. The molecular weight excluding hydrogens is 389 g/mol. The van der Waals surface area contributed by atoms with Crippen LogP contribution in [0.1, 0.15) is 0 Å². The van der Waals surface area contributed by atoms with Crippen LogP contribution in [0.3, 0.4) is 0 Å². The molecule has 0 bridgehead atoms. The summed E-state index contributed by atoms with van der Waals surface area (Å²) < 4.78 is 1.66. The number of halogens is 2. The number of carbonyl (C=O) groups excluding carboxylic acids is 1. The Kier molecular flexibility index (Phi) is 5.58. The molecule has 27 heavy (non-hydrogen) atoms. The number of hydrogen-bond acceptors (Lipinski definition) is 6. The van der Waals surface area contributed by atoms with Crippen LogP contribution in [0.2, 0.25) is 10.0 Å². The minimum atomic E-state index is -0.341. The molecule has 138 valence electrons. The maximum atomic E-state index is 11.5. The molecule has 0 spiro atoms. The van der Waals surface area contributed by atoms with E-state index >= 15 is 0 Å². The van der Waals surface area contributed by atoms with Crippen LogP contribution in [0.4, 0.5) is 28.8 Å². The molecule has 0 unspecified atom stereocenters. The number of benzene rings is 1. The van der Waals surface area contributed by atoms with Crippen molar-refractivity contribution in [3.05, 3.63) is 59.5 Å². The molecular formula is C17H15Cl2N7O. The average Bonchev–Trinajstić information content (AvgIpc) is 3.02. The summed E-state index contributed by atoms with van der Waals surface area (Å²) in [5.41, 5.74) is 1.84. The Hall–Kier alpha value is -3.10. The van der Waals surface area contributed by atoms with E-state index in [2.05, 4.69) is 37.6 Å². The van der Waals surface area contributed by atoms with E-state index < -0.39 is 0 Å². The summed E-state index contributed by atoms with van der Waals surface area (Å²) in [4.78, 5) is 20.0. The molecule has 0 radical (unpaired) electrons. The molecule has 10 heteroatoms. The average molecular weight is 404 g/mol. The summed E-state index contributed by atoms with van der Waals surface area (Å²) >= 11 is 12.3. The van der Waals surface area contributed by atoms with E-state index in [-0.39, 0.29) is 5.91 Å². The van der Waals surface area contributed by atoms with Gasteiger partial charge in [-0.15, -0.1) is 0 Å². The van der Waals surface area contributed by atoms with Gasteiger partial charge in [-0.1, -0.05) is 29.8 Å². The Morgan fingerprint density at radius 2 is 1.93 bits per heavy atom. The van der Waals surface area contributed by atoms with E-state index in [1.807, 2.05) is 7.05 Å². The van der Waals surface area contributed by atoms with Crippen molar-refractivity contribution in [2.75, 3.05) is 16.0 Å². The molecule has 0 saturated heterocycles. The van der Waals surface area contributed by atoms with Crippen molar-refractivity contribution in [1.82, 2.24) is 19.7 Å². The van der Waals surface area contributed by atoms with Crippen molar-refractivity contribution in [2.24, 2.45) is 7.05 Å². The number of hydrogen-bond donors (Lipinski definition) is 3. The smallest absolute Gasteiger partial charge is 0.247 e. The lowest BCUT2D eigenvalue weighted by Crippen LogP contribution is -2.07. The summed E-state index contributed by atoms with van der Waals surface area (Å²) in [5.74, 6) is 0.379. The highest BCUT2D eigenvalue weighted by Crippen LogP contribution is 2.28. The normalized spacial score (nSPS) is 10.3. The highest BCUT2D eigenvalue weighted by molar-refractivity contribution is 6.33. The van der Waals surface area contributed by atoms with E-state index in [9.17, 15) is 4.79 Å². The second kappa shape index (κ2) is 8.07. The summed E-state index contributed by atoms with van der Waals surface area (Å²) in [7, 11) is 1.81.